The van der Waals surface area contributed by atoms with Crippen LogP contribution >= 0.6 is 0 Å². The number of Topliss-reactive ketones (excluding diaryl/α,β-unsaturated/α-hetero) is 1. The number of nitrogens with one attached hydrogen (secondary N) is 2. The molecule has 3 unspecified atom stereocenters. The second-order valence-corrected chi connectivity index (χ2v) is 5.05. The zero-order valence-electron chi connectivity index (χ0n) is 8.51. The molecule has 0 aromatic rings. The molecular formula is C11H18N2O. The van der Waals surface area contributed by atoms with E-state index in [-0.39, 0.29) is 5.54 Å². The fourth-order valence-corrected chi connectivity index (χ4v) is 3.80. The molecule has 3 atom stereocenters. The van der Waals surface area contributed by atoms with Crippen LogP contribution in [0.4, 0.5) is 0 Å². The van der Waals surface area contributed by atoms with E-state index in [1.165, 1.54) is 25.7 Å². The number of ketones is 1. The normalized spacial score (nSPS) is 47.3. The Labute approximate surface area is 84.6 Å². The molecule has 78 valence electrons. The van der Waals surface area contributed by atoms with E-state index in [9.17, 15) is 4.79 Å². The molecule has 3 rings (SSSR count). The molecule has 0 aromatic heterocycles. The maximum Gasteiger partial charge on any atom is 0.138 e. The summed E-state index contributed by atoms with van der Waals surface area (Å²) < 4.78 is 0. The average Bonchev–Trinajstić information content (AvgIpc) is 2.51. The predicted octanol–water partition coefficient (Wildman–Crippen LogP) is 1.00. The highest BCUT2D eigenvalue weighted by atomic mass is 16.1. The van der Waals surface area contributed by atoms with Gasteiger partial charge in [-0.2, -0.15) is 0 Å². The van der Waals surface area contributed by atoms with E-state index < -0.39 is 0 Å². The third-order valence-corrected chi connectivity index (χ3v) is 4.46. The zero-order chi connectivity index (χ0) is 9.60. The first-order valence-corrected chi connectivity index (χ1v) is 5.86. The average molecular weight is 194 g/mol. The molecule has 0 radical (unpaired) electrons. The number of carbonyl (C=O) groups excluding carboxylic acids is 1. The SMILES string of the molecule is O=C1CC2CCCCC23NNCCC13. The predicted molar refractivity (Wildman–Crippen MR) is 53.6 cm³/mol. The molecule has 2 aliphatic carbocycles. The summed E-state index contributed by atoms with van der Waals surface area (Å²) in [6.07, 6.45) is 6.92. The van der Waals surface area contributed by atoms with Gasteiger partial charge in [-0.1, -0.05) is 12.8 Å². The largest absolute Gasteiger partial charge is 0.299 e. The van der Waals surface area contributed by atoms with E-state index in [2.05, 4.69) is 10.9 Å². The van der Waals surface area contributed by atoms with Crippen molar-refractivity contribution in [2.45, 2.75) is 44.1 Å². The summed E-state index contributed by atoms with van der Waals surface area (Å²) in [5.74, 6) is 1.45. The van der Waals surface area contributed by atoms with Crippen molar-refractivity contribution in [2.24, 2.45) is 11.8 Å². The first kappa shape index (κ1) is 8.86. The van der Waals surface area contributed by atoms with Crippen molar-refractivity contribution in [1.29, 1.82) is 0 Å². The van der Waals surface area contributed by atoms with Crippen molar-refractivity contribution >= 4 is 5.78 Å². The molecule has 1 aliphatic heterocycles. The standard InChI is InChI=1S/C11H18N2O/c14-10-7-8-3-1-2-5-11(8)9(10)4-6-12-13-11/h8-9,12-13H,1-7H2. The third kappa shape index (κ3) is 1.03. The molecule has 0 aromatic carbocycles. The van der Waals surface area contributed by atoms with E-state index in [4.69, 9.17) is 0 Å². The molecular weight excluding hydrogens is 176 g/mol. The lowest BCUT2D eigenvalue weighted by Crippen LogP contribution is -2.63. The van der Waals surface area contributed by atoms with Crippen molar-refractivity contribution in [3.05, 3.63) is 0 Å². The van der Waals surface area contributed by atoms with Crippen LogP contribution in [-0.4, -0.2) is 17.9 Å². The molecule has 3 nitrogen and oxygen atoms in total. The number of hydrogen-bond acceptors (Lipinski definition) is 3. The first-order chi connectivity index (χ1) is 6.83. The number of rotatable bonds is 0. The minimum absolute atomic E-state index is 0.146. The van der Waals surface area contributed by atoms with Crippen LogP contribution in [-0.2, 0) is 4.79 Å². The zero-order valence-corrected chi connectivity index (χ0v) is 8.51. The molecule has 3 aliphatic rings. The van der Waals surface area contributed by atoms with E-state index >= 15 is 0 Å². The molecule has 1 spiro atoms. The highest BCUT2D eigenvalue weighted by Crippen LogP contribution is 2.49. The fraction of sp³-hybridized carbons (Fsp3) is 0.909. The monoisotopic (exact) mass is 194 g/mol. The molecule has 0 amide bonds. The van der Waals surface area contributed by atoms with Crippen LogP contribution in [0.25, 0.3) is 0 Å². The van der Waals surface area contributed by atoms with Gasteiger partial charge in [-0.25, -0.2) is 0 Å². The lowest BCUT2D eigenvalue weighted by molar-refractivity contribution is -0.122. The summed E-state index contributed by atoms with van der Waals surface area (Å²) in [5, 5.41) is 0. The number of hydrogen-bond donors (Lipinski definition) is 2. The van der Waals surface area contributed by atoms with E-state index in [1.807, 2.05) is 0 Å². The van der Waals surface area contributed by atoms with Gasteiger partial charge in [-0.05, 0) is 25.2 Å². The van der Waals surface area contributed by atoms with Crippen molar-refractivity contribution < 1.29 is 4.79 Å². The van der Waals surface area contributed by atoms with Gasteiger partial charge in [-0.3, -0.25) is 15.6 Å². The Hall–Kier alpha value is -0.410. The van der Waals surface area contributed by atoms with Crippen LogP contribution in [0.15, 0.2) is 0 Å². The lowest BCUT2D eigenvalue weighted by atomic mass is 9.70. The van der Waals surface area contributed by atoms with E-state index in [0.717, 1.165) is 19.4 Å². The second kappa shape index (κ2) is 3.04. The maximum atomic E-state index is 11.9. The van der Waals surface area contributed by atoms with E-state index in [1.54, 1.807) is 0 Å². The maximum absolute atomic E-state index is 11.9. The van der Waals surface area contributed by atoms with Gasteiger partial charge < -0.3 is 0 Å². The summed E-state index contributed by atoms with van der Waals surface area (Å²) in [6.45, 7) is 0.949. The Morgan fingerprint density at radius 1 is 1.29 bits per heavy atom. The molecule has 3 fully saturated rings. The highest BCUT2D eigenvalue weighted by Gasteiger charge is 2.55. The third-order valence-electron chi connectivity index (χ3n) is 4.46. The summed E-state index contributed by atoms with van der Waals surface area (Å²) in [6, 6.07) is 0. The van der Waals surface area contributed by atoms with Gasteiger partial charge in [0, 0.05) is 24.4 Å². The van der Waals surface area contributed by atoms with Gasteiger partial charge in [0.05, 0.1) is 0 Å². The highest BCUT2D eigenvalue weighted by molar-refractivity contribution is 5.86. The Kier molecular flexibility index (Phi) is 1.92. The topological polar surface area (TPSA) is 41.1 Å². The van der Waals surface area contributed by atoms with Gasteiger partial charge in [0.25, 0.3) is 0 Å². The summed E-state index contributed by atoms with van der Waals surface area (Å²) in [5.41, 5.74) is 6.87. The van der Waals surface area contributed by atoms with Crippen LogP contribution < -0.4 is 10.9 Å². The lowest BCUT2D eigenvalue weighted by Gasteiger charge is -2.46. The van der Waals surface area contributed by atoms with Gasteiger partial charge in [0.1, 0.15) is 5.78 Å². The summed E-state index contributed by atoms with van der Waals surface area (Å²) in [4.78, 5) is 11.9. The van der Waals surface area contributed by atoms with Crippen molar-refractivity contribution in [3.63, 3.8) is 0 Å². The Morgan fingerprint density at radius 3 is 3.14 bits per heavy atom. The number of hydrazine groups is 1. The van der Waals surface area contributed by atoms with Gasteiger partial charge in [0.15, 0.2) is 0 Å². The Balaban J connectivity index is 1.95. The van der Waals surface area contributed by atoms with Gasteiger partial charge in [-0.15, -0.1) is 0 Å². The molecule has 2 N–H and O–H groups in total. The molecule has 0 bridgehead atoms. The molecule has 1 saturated heterocycles. The van der Waals surface area contributed by atoms with Crippen LogP contribution in [0.1, 0.15) is 38.5 Å². The minimum Gasteiger partial charge on any atom is -0.299 e. The van der Waals surface area contributed by atoms with Crippen LogP contribution in [0.3, 0.4) is 0 Å². The smallest absolute Gasteiger partial charge is 0.138 e. The van der Waals surface area contributed by atoms with Gasteiger partial charge >= 0.3 is 0 Å². The van der Waals surface area contributed by atoms with Crippen molar-refractivity contribution in [3.8, 4) is 0 Å². The molecule has 14 heavy (non-hydrogen) atoms. The van der Waals surface area contributed by atoms with Crippen molar-refractivity contribution in [1.82, 2.24) is 10.9 Å². The van der Waals surface area contributed by atoms with Gasteiger partial charge in [0.2, 0.25) is 0 Å². The van der Waals surface area contributed by atoms with Crippen LogP contribution in [0.5, 0.6) is 0 Å². The fourth-order valence-electron chi connectivity index (χ4n) is 3.80. The number of carbonyl (C=O) groups is 1. The van der Waals surface area contributed by atoms with E-state index in [0.29, 0.717) is 17.6 Å². The van der Waals surface area contributed by atoms with Crippen molar-refractivity contribution in [2.75, 3.05) is 6.54 Å². The molecule has 2 saturated carbocycles. The van der Waals surface area contributed by atoms with Crippen LogP contribution in [0.2, 0.25) is 0 Å². The Bertz CT molecular complexity index is 260. The molecule has 3 heteroatoms. The second-order valence-electron chi connectivity index (χ2n) is 5.05. The minimum atomic E-state index is 0.146. The van der Waals surface area contributed by atoms with Crippen LogP contribution in [0, 0.1) is 11.8 Å². The first-order valence-electron chi connectivity index (χ1n) is 5.86. The summed E-state index contributed by atoms with van der Waals surface area (Å²) >= 11 is 0. The quantitative estimate of drug-likeness (QED) is 0.604. The Morgan fingerprint density at radius 2 is 2.21 bits per heavy atom. The summed E-state index contributed by atoms with van der Waals surface area (Å²) in [7, 11) is 0. The molecule has 1 heterocycles.